The average molecular weight is 425 g/mol. The normalized spacial score (nSPS) is 24.6. The predicted octanol–water partition coefficient (Wildman–Crippen LogP) is 3.32. The van der Waals surface area contributed by atoms with Crippen LogP contribution in [-0.2, 0) is 0 Å². The van der Waals surface area contributed by atoms with Gasteiger partial charge in [-0.05, 0) is 50.8 Å². The maximum absolute atomic E-state index is 13.9. The highest BCUT2D eigenvalue weighted by atomic mass is 19.1. The quantitative estimate of drug-likeness (QED) is 0.600. The van der Waals surface area contributed by atoms with Crippen molar-refractivity contribution < 1.29 is 18.3 Å². The number of aryl methyl sites for hydroxylation is 1. The van der Waals surface area contributed by atoms with Crippen LogP contribution in [0.1, 0.15) is 35.7 Å². The van der Waals surface area contributed by atoms with Crippen LogP contribution < -0.4 is 4.74 Å². The summed E-state index contributed by atoms with van der Waals surface area (Å²) in [7, 11) is 0. The highest BCUT2D eigenvalue weighted by Gasteiger charge is 2.53. The monoisotopic (exact) mass is 425 g/mol. The second-order valence-corrected chi connectivity index (χ2v) is 8.15. The summed E-state index contributed by atoms with van der Waals surface area (Å²) in [5, 5.41) is 8.10. The van der Waals surface area contributed by atoms with Gasteiger partial charge >= 0.3 is 0 Å². The first-order valence-corrected chi connectivity index (χ1v) is 10.2. The molecule has 9 heteroatoms. The molecular weight excluding hydrogens is 404 g/mol. The Hall–Kier alpha value is -3.36. The topological polar surface area (TPSA) is 73.1 Å². The van der Waals surface area contributed by atoms with Gasteiger partial charge in [0.25, 0.3) is 5.91 Å². The van der Waals surface area contributed by atoms with E-state index in [9.17, 15) is 13.6 Å². The molecule has 1 aliphatic heterocycles. The van der Waals surface area contributed by atoms with Gasteiger partial charge in [0.2, 0.25) is 11.8 Å². The Morgan fingerprint density at radius 2 is 1.90 bits per heavy atom. The number of carbonyl (C=O) groups is 1. The molecule has 1 aromatic carbocycles. The summed E-state index contributed by atoms with van der Waals surface area (Å²) in [5.74, 6) is -0.799. The van der Waals surface area contributed by atoms with Gasteiger partial charge in [-0.15, -0.1) is 0 Å². The number of ether oxygens (including phenoxy) is 1. The van der Waals surface area contributed by atoms with Gasteiger partial charge in [0.1, 0.15) is 17.6 Å². The molecule has 160 valence electrons. The maximum atomic E-state index is 13.9. The molecule has 1 aliphatic carbocycles. The van der Waals surface area contributed by atoms with E-state index in [2.05, 4.69) is 15.2 Å². The summed E-state index contributed by atoms with van der Waals surface area (Å²) in [6.45, 7) is 3.65. The van der Waals surface area contributed by atoms with Gasteiger partial charge in [0.05, 0.1) is 24.0 Å². The lowest BCUT2D eigenvalue weighted by Gasteiger charge is -2.38. The molecule has 1 saturated carbocycles. The summed E-state index contributed by atoms with van der Waals surface area (Å²) >= 11 is 0. The number of hydrogen-bond donors (Lipinski definition) is 0. The molecule has 0 N–H and O–H groups in total. The van der Waals surface area contributed by atoms with E-state index in [1.165, 1.54) is 35.4 Å². The third-order valence-corrected chi connectivity index (χ3v) is 6.33. The minimum atomic E-state index is -0.565. The van der Waals surface area contributed by atoms with Gasteiger partial charge in [-0.1, -0.05) is 0 Å². The molecule has 1 saturated heterocycles. The number of pyridine rings is 1. The lowest BCUT2D eigenvalue weighted by molar-refractivity contribution is 0.0311. The Balaban J connectivity index is 1.44. The Bertz CT molecular complexity index is 1140. The average Bonchev–Trinajstić information content (AvgIpc) is 3.47. The molecule has 3 heterocycles. The number of likely N-dealkylation sites (tertiary alicyclic amines) is 1. The van der Waals surface area contributed by atoms with Crippen molar-refractivity contribution in [3.8, 4) is 11.6 Å². The zero-order valence-corrected chi connectivity index (χ0v) is 17.1. The van der Waals surface area contributed by atoms with Crippen LogP contribution in [0, 0.1) is 24.6 Å². The lowest BCUT2D eigenvalue weighted by atomic mass is 9.98. The molecule has 0 spiro atoms. The molecule has 7 nitrogen and oxygen atoms in total. The van der Waals surface area contributed by atoms with E-state index < -0.39 is 11.8 Å². The number of piperidine rings is 1. The molecule has 2 aromatic heterocycles. The molecule has 4 atom stereocenters. The highest BCUT2D eigenvalue weighted by molar-refractivity contribution is 5.98. The summed E-state index contributed by atoms with van der Waals surface area (Å²) in [6.07, 6.45) is 4.21. The zero-order valence-electron chi connectivity index (χ0n) is 17.1. The summed E-state index contributed by atoms with van der Waals surface area (Å²) in [5.41, 5.74) is 1.04. The Morgan fingerprint density at radius 3 is 2.61 bits per heavy atom. The summed E-state index contributed by atoms with van der Waals surface area (Å²) < 4.78 is 33.8. The van der Waals surface area contributed by atoms with Crippen molar-refractivity contribution in [2.24, 2.45) is 5.92 Å². The zero-order chi connectivity index (χ0) is 21.7. The Kier molecular flexibility index (Phi) is 4.68. The molecule has 2 aliphatic rings. The SMILES string of the molecule is Cc1ccc(OC2CC3CC2N(C(=O)c2ccc(F)cc2-n2nccn2)C3C)nc1F. The van der Waals surface area contributed by atoms with Crippen LogP contribution in [0.4, 0.5) is 8.78 Å². The fourth-order valence-corrected chi connectivity index (χ4v) is 4.73. The molecule has 4 unspecified atom stereocenters. The van der Waals surface area contributed by atoms with Crippen LogP contribution in [-0.4, -0.2) is 49.0 Å². The number of hydrogen-bond acceptors (Lipinski definition) is 5. The number of rotatable bonds is 4. The summed E-state index contributed by atoms with van der Waals surface area (Å²) in [4.78, 5) is 20.5. The van der Waals surface area contributed by atoms with Crippen molar-refractivity contribution in [1.29, 1.82) is 0 Å². The maximum Gasteiger partial charge on any atom is 0.256 e. The number of benzene rings is 1. The molecule has 2 bridgehead atoms. The van der Waals surface area contributed by atoms with Crippen molar-refractivity contribution in [3.05, 3.63) is 65.6 Å². The van der Waals surface area contributed by atoms with Gasteiger partial charge in [-0.2, -0.15) is 24.4 Å². The first kappa shape index (κ1) is 19.6. The van der Waals surface area contributed by atoms with Gasteiger partial charge in [0, 0.05) is 23.7 Å². The van der Waals surface area contributed by atoms with Gasteiger partial charge < -0.3 is 9.64 Å². The Labute approximate surface area is 177 Å². The van der Waals surface area contributed by atoms with Crippen LogP contribution >= 0.6 is 0 Å². The molecule has 1 amide bonds. The van der Waals surface area contributed by atoms with Crippen LogP contribution in [0.2, 0.25) is 0 Å². The highest BCUT2D eigenvalue weighted by Crippen LogP contribution is 2.44. The first-order valence-electron chi connectivity index (χ1n) is 10.2. The second-order valence-electron chi connectivity index (χ2n) is 8.15. The van der Waals surface area contributed by atoms with E-state index in [0.717, 1.165) is 12.8 Å². The van der Waals surface area contributed by atoms with E-state index in [-0.39, 0.29) is 41.6 Å². The molecule has 31 heavy (non-hydrogen) atoms. The number of nitrogens with zero attached hydrogens (tertiary/aromatic N) is 5. The van der Waals surface area contributed by atoms with Crippen molar-refractivity contribution in [1.82, 2.24) is 24.9 Å². The fourth-order valence-electron chi connectivity index (χ4n) is 4.73. The van der Waals surface area contributed by atoms with E-state index >= 15 is 0 Å². The van der Waals surface area contributed by atoms with Crippen LogP contribution in [0.15, 0.2) is 42.7 Å². The smallest absolute Gasteiger partial charge is 0.256 e. The van der Waals surface area contributed by atoms with Crippen molar-refractivity contribution in [3.63, 3.8) is 0 Å². The second kappa shape index (κ2) is 7.40. The van der Waals surface area contributed by atoms with Gasteiger partial charge in [-0.3, -0.25) is 4.79 Å². The number of carbonyl (C=O) groups excluding carboxylic acids is 1. The van der Waals surface area contributed by atoms with E-state index in [1.807, 2.05) is 6.92 Å². The van der Waals surface area contributed by atoms with Crippen molar-refractivity contribution in [2.45, 2.75) is 44.9 Å². The first-order chi connectivity index (χ1) is 14.9. The van der Waals surface area contributed by atoms with Crippen molar-refractivity contribution in [2.75, 3.05) is 0 Å². The molecule has 2 fully saturated rings. The van der Waals surface area contributed by atoms with Gasteiger partial charge in [0.15, 0.2) is 0 Å². The minimum absolute atomic E-state index is 0.00328. The molecule has 0 radical (unpaired) electrons. The number of halogens is 2. The predicted molar refractivity (Wildman–Crippen MR) is 107 cm³/mol. The van der Waals surface area contributed by atoms with Crippen LogP contribution in [0.25, 0.3) is 5.69 Å². The largest absolute Gasteiger partial charge is 0.472 e. The van der Waals surface area contributed by atoms with Crippen LogP contribution in [0.3, 0.4) is 0 Å². The van der Waals surface area contributed by atoms with E-state index in [4.69, 9.17) is 4.74 Å². The third kappa shape index (κ3) is 3.34. The van der Waals surface area contributed by atoms with Gasteiger partial charge in [-0.25, -0.2) is 4.39 Å². The van der Waals surface area contributed by atoms with E-state index in [1.54, 1.807) is 24.0 Å². The molecule has 5 rings (SSSR count). The van der Waals surface area contributed by atoms with Crippen LogP contribution in [0.5, 0.6) is 5.88 Å². The number of aromatic nitrogens is 4. The number of amides is 1. The third-order valence-electron chi connectivity index (χ3n) is 6.33. The van der Waals surface area contributed by atoms with Crippen molar-refractivity contribution >= 4 is 5.91 Å². The lowest BCUT2D eigenvalue weighted by Crippen LogP contribution is -2.51. The van der Waals surface area contributed by atoms with E-state index in [0.29, 0.717) is 11.1 Å². The molecular formula is C22H21F2N5O2. The minimum Gasteiger partial charge on any atom is -0.472 e. The standard InChI is InChI=1S/C22H21F2N5O2/c1-12-3-6-20(27-21(12)24)31-19-10-14-9-18(19)28(13(14)2)22(30)16-5-4-15(23)11-17(16)29-25-7-8-26-29/h3-8,11,13-14,18-19H,9-10H2,1-2H3. The Morgan fingerprint density at radius 1 is 1.13 bits per heavy atom. The number of fused-ring (bicyclic) bond motifs is 2. The fraction of sp³-hybridized carbons (Fsp3) is 0.364. The molecule has 3 aromatic rings. The summed E-state index contributed by atoms with van der Waals surface area (Å²) in [6, 6.07) is 7.05.